The van der Waals surface area contributed by atoms with Crippen LogP contribution >= 0.6 is 11.3 Å². The number of aliphatic hydroxyl groups is 1. The molecule has 5 nitrogen and oxygen atoms in total. The van der Waals surface area contributed by atoms with Crippen LogP contribution in [0.5, 0.6) is 0 Å². The Hall–Kier alpha value is -1.92. The predicted octanol–water partition coefficient (Wildman–Crippen LogP) is 2.14. The average Bonchev–Trinajstić information content (AvgIpc) is 2.99. The van der Waals surface area contributed by atoms with Crippen LogP contribution in [0.1, 0.15) is 22.6 Å². The monoisotopic (exact) mass is 345 g/mol. The van der Waals surface area contributed by atoms with Crippen LogP contribution in [-0.2, 0) is 11.2 Å². The summed E-state index contributed by atoms with van der Waals surface area (Å²) in [6.45, 7) is 3.67. The molecule has 2 aromatic rings. The number of aromatic nitrogens is 1. The van der Waals surface area contributed by atoms with Crippen LogP contribution in [0.3, 0.4) is 0 Å². The molecule has 0 bridgehead atoms. The number of carbonyl (C=O) groups excluding carboxylic acids is 1. The highest BCUT2D eigenvalue weighted by Gasteiger charge is 2.34. The van der Waals surface area contributed by atoms with Crippen molar-refractivity contribution in [1.29, 1.82) is 0 Å². The number of hydrogen-bond acceptors (Lipinski definition) is 5. The van der Waals surface area contributed by atoms with E-state index in [1.54, 1.807) is 17.5 Å². The van der Waals surface area contributed by atoms with Crippen LogP contribution in [-0.4, -0.2) is 41.2 Å². The molecule has 24 heavy (non-hydrogen) atoms. The molecule has 128 valence electrons. The van der Waals surface area contributed by atoms with Gasteiger partial charge < -0.3 is 15.3 Å². The molecular weight excluding hydrogens is 322 g/mol. The van der Waals surface area contributed by atoms with E-state index in [0.717, 1.165) is 23.7 Å². The van der Waals surface area contributed by atoms with E-state index in [4.69, 9.17) is 0 Å². The largest absolute Gasteiger partial charge is 0.386 e. The van der Waals surface area contributed by atoms with Crippen molar-refractivity contribution < 1.29 is 9.90 Å². The lowest BCUT2D eigenvalue weighted by Gasteiger charge is -2.39. The first-order valence-electron chi connectivity index (χ1n) is 8.24. The van der Waals surface area contributed by atoms with E-state index in [9.17, 15) is 9.90 Å². The molecule has 0 saturated carbocycles. The highest BCUT2D eigenvalue weighted by Crippen LogP contribution is 2.24. The van der Waals surface area contributed by atoms with Crippen molar-refractivity contribution >= 4 is 23.1 Å². The van der Waals surface area contributed by atoms with Gasteiger partial charge in [0.05, 0.1) is 12.0 Å². The van der Waals surface area contributed by atoms with Crippen LogP contribution in [0.15, 0.2) is 36.5 Å². The number of hydrogen-bond donors (Lipinski definition) is 2. The number of amides is 1. The number of anilines is 1. The summed E-state index contributed by atoms with van der Waals surface area (Å²) >= 11 is 1.63. The predicted molar refractivity (Wildman–Crippen MR) is 96.4 cm³/mol. The number of β-amino-alcohol motifs (C(OH)–C–C–N with tert-alkyl or cyclic N) is 1. The van der Waals surface area contributed by atoms with E-state index in [-0.39, 0.29) is 12.5 Å². The minimum Gasteiger partial charge on any atom is -0.386 e. The number of pyridine rings is 1. The van der Waals surface area contributed by atoms with E-state index in [2.05, 4.69) is 15.2 Å². The summed E-state index contributed by atoms with van der Waals surface area (Å²) in [7, 11) is 0. The minimum absolute atomic E-state index is 0.0414. The van der Waals surface area contributed by atoms with Gasteiger partial charge in [-0.3, -0.25) is 4.79 Å². The third kappa shape index (κ3) is 4.33. The van der Waals surface area contributed by atoms with E-state index >= 15 is 0 Å². The summed E-state index contributed by atoms with van der Waals surface area (Å²) < 4.78 is 0. The van der Waals surface area contributed by atoms with Crippen molar-refractivity contribution in [2.24, 2.45) is 0 Å². The van der Waals surface area contributed by atoms with Gasteiger partial charge in [0.25, 0.3) is 0 Å². The zero-order valence-corrected chi connectivity index (χ0v) is 14.7. The maximum absolute atomic E-state index is 12.1. The lowest BCUT2D eigenvalue weighted by atomic mass is 9.92. The van der Waals surface area contributed by atoms with Gasteiger partial charge in [0.1, 0.15) is 5.82 Å². The van der Waals surface area contributed by atoms with Gasteiger partial charge in [0.2, 0.25) is 5.91 Å². The van der Waals surface area contributed by atoms with Crippen molar-refractivity contribution in [3.63, 3.8) is 0 Å². The first kappa shape index (κ1) is 16.9. The molecule has 2 N–H and O–H groups in total. The molecule has 0 spiro atoms. The number of nitrogens with one attached hydrogen (secondary N) is 1. The molecule has 1 atom stereocenters. The summed E-state index contributed by atoms with van der Waals surface area (Å²) in [5, 5.41) is 13.7. The Morgan fingerprint density at radius 2 is 2.29 bits per heavy atom. The maximum Gasteiger partial charge on any atom is 0.225 e. The number of rotatable bonds is 5. The van der Waals surface area contributed by atoms with Gasteiger partial charge in [-0.15, -0.1) is 11.3 Å². The van der Waals surface area contributed by atoms with Crippen molar-refractivity contribution in [3.05, 3.63) is 46.3 Å². The Balaban J connectivity index is 1.54. The molecule has 1 aliphatic heterocycles. The van der Waals surface area contributed by atoms with Gasteiger partial charge in [-0.1, -0.05) is 6.07 Å². The molecule has 1 aliphatic rings. The smallest absolute Gasteiger partial charge is 0.225 e. The molecule has 1 unspecified atom stereocenters. The van der Waals surface area contributed by atoms with Crippen molar-refractivity contribution in [1.82, 2.24) is 10.3 Å². The van der Waals surface area contributed by atoms with Crippen LogP contribution in [0, 0.1) is 6.92 Å². The molecule has 1 fully saturated rings. The van der Waals surface area contributed by atoms with Gasteiger partial charge in [-0.2, -0.15) is 0 Å². The summed E-state index contributed by atoms with van der Waals surface area (Å²) in [6, 6.07) is 9.78. The van der Waals surface area contributed by atoms with E-state index in [1.807, 2.05) is 37.3 Å². The fourth-order valence-electron chi connectivity index (χ4n) is 3.06. The quantitative estimate of drug-likeness (QED) is 0.871. The lowest BCUT2D eigenvalue weighted by Crippen LogP contribution is -2.54. The lowest BCUT2D eigenvalue weighted by molar-refractivity contribution is -0.121. The van der Waals surface area contributed by atoms with E-state index < -0.39 is 5.60 Å². The molecule has 0 aliphatic carbocycles. The molecule has 0 radical (unpaired) electrons. The molecule has 3 rings (SSSR count). The zero-order chi connectivity index (χ0) is 17.0. The Morgan fingerprint density at radius 1 is 1.42 bits per heavy atom. The molecule has 2 aromatic heterocycles. The SMILES string of the molecule is Cc1ccc(CC(=O)NCC2(O)CCCN(c3ccccn3)C2)s1. The average molecular weight is 345 g/mol. The van der Waals surface area contributed by atoms with Gasteiger partial charge in [-0.05, 0) is 44.0 Å². The summed E-state index contributed by atoms with van der Waals surface area (Å²) in [4.78, 5) is 20.8. The van der Waals surface area contributed by atoms with Crippen LogP contribution < -0.4 is 10.2 Å². The van der Waals surface area contributed by atoms with Crippen molar-refractivity contribution in [3.8, 4) is 0 Å². The number of carbonyl (C=O) groups is 1. The van der Waals surface area contributed by atoms with Crippen LogP contribution in [0.25, 0.3) is 0 Å². The second-order valence-electron chi connectivity index (χ2n) is 6.40. The number of piperidine rings is 1. The Bertz CT molecular complexity index is 689. The van der Waals surface area contributed by atoms with E-state index in [1.165, 1.54) is 4.88 Å². The standard InChI is InChI=1S/C18H23N3O2S/c1-14-6-7-15(24-14)11-17(22)20-12-18(23)8-4-10-21(13-18)16-5-2-3-9-19-16/h2-3,5-7,9,23H,4,8,10-13H2,1H3,(H,20,22). The minimum atomic E-state index is -0.906. The van der Waals surface area contributed by atoms with E-state index in [0.29, 0.717) is 19.4 Å². The molecular formula is C18H23N3O2S. The molecule has 0 aromatic carbocycles. The zero-order valence-electron chi connectivity index (χ0n) is 13.9. The van der Waals surface area contributed by atoms with Crippen LogP contribution in [0.2, 0.25) is 0 Å². The first-order chi connectivity index (χ1) is 11.5. The van der Waals surface area contributed by atoms with Crippen LogP contribution in [0.4, 0.5) is 5.82 Å². The summed E-state index contributed by atoms with van der Waals surface area (Å²) in [5.41, 5.74) is -0.906. The first-order valence-corrected chi connectivity index (χ1v) is 9.06. The fourth-order valence-corrected chi connectivity index (χ4v) is 3.95. The number of aryl methyl sites for hydroxylation is 1. The molecule has 1 amide bonds. The summed E-state index contributed by atoms with van der Waals surface area (Å²) in [5.74, 6) is 0.830. The number of thiophene rings is 1. The second-order valence-corrected chi connectivity index (χ2v) is 7.78. The van der Waals surface area contributed by atoms with Gasteiger partial charge in [0.15, 0.2) is 0 Å². The second kappa shape index (κ2) is 7.32. The highest BCUT2D eigenvalue weighted by molar-refractivity contribution is 7.12. The topological polar surface area (TPSA) is 65.5 Å². The fraction of sp³-hybridized carbons (Fsp3) is 0.444. The van der Waals surface area contributed by atoms with Gasteiger partial charge in [-0.25, -0.2) is 4.98 Å². The van der Waals surface area contributed by atoms with Crippen molar-refractivity contribution in [2.75, 3.05) is 24.5 Å². The maximum atomic E-state index is 12.1. The Labute approximate surface area is 146 Å². The Morgan fingerprint density at radius 3 is 3.00 bits per heavy atom. The highest BCUT2D eigenvalue weighted by atomic mass is 32.1. The van der Waals surface area contributed by atoms with Crippen molar-refractivity contribution in [2.45, 2.75) is 31.8 Å². The number of nitrogens with zero attached hydrogens (tertiary/aromatic N) is 2. The molecule has 3 heterocycles. The molecule has 1 saturated heterocycles. The Kier molecular flexibility index (Phi) is 5.16. The summed E-state index contributed by atoms with van der Waals surface area (Å²) in [6.07, 6.45) is 3.70. The van der Waals surface area contributed by atoms with Gasteiger partial charge >= 0.3 is 0 Å². The third-order valence-corrected chi connectivity index (χ3v) is 5.27. The third-order valence-electron chi connectivity index (χ3n) is 4.27. The molecule has 6 heteroatoms. The van der Waals surface area contributed by atoms with Gasteiger partial charge in [0, 0.05) is 35.6 Å². The normalized spacial score (nSPS) is 20.8.